The van der Waals surface area contributed by atoms with Crippen LogP contribution in [0.1, 0.15) is 37.3 Å². The van der Waals surface area contributed by atoms with Crippen LogP contribution in [0.15, 0.2) is 54.9 Å². The number of allylic oxidation sites excluding steroid dienone is 1. The molecule has 2 aliphatic rings. The molecule has 5 nitrogen and oxygen atoms in total. The molecule has 1 amide bonds. The molecule has 0 saturated carbocycles. The molecule has 2 aliphatic heterocycles. The van der Waals surface area contributed by atoms with E-state index in [1.165, 1.54) is 11.1 Å². The van der Waals surface area contributed by atoms with E-state index in [-0.39, 0.29) is 5.41 Å². The van der Waals surface area contributed by atoms with E-state index in [2.05, 4.69) is 64.4 Å². The van der Waals surface area contributed by atoms with Gasteiger partial charge in [0.05, 0.1) is 11.6 Å². The summed E-state index contributed by atoms with van der Waals surface area (Å²) in [4.78, 5) is 18.2. The van der Waals surface area contributed by atoms with Gasteiger partial charge in [-0.25, -0.2) is 0 Å². The highest BCUT2D eigenvalue weighted by molar-refractivity contribution is 5.84. The Kier molecular flexibility index (Phi) is 6.14. The van der Waals surface area contributed by atoms with E-state index in [4.69, 9.17) is 0 Å². The van der Waals surface area contributed by atoms with Gasteiger partial charge in [0.15, 0.2) is 0 Å². The SMILES string of the molecule is CCn1cc(CN2CCC[C@]3(CC=CCN(CCc4ccccc4)C3=O)C2)cn1. The first-order chi connectivity index (χ1) is 14.2. The molecule has 3 heterocycles. The number of carbonyl (C=O) groups is 1. The van der Waals surface area contributed by atoms with Crippen LogP contribution in [-0.4, -0.2) is 51.7 Å². The van der Waals surface area contributed by atoms with Crippen molar-refractivity contribution in [3.05, 3.63) is 66.0 Å². The Labute approximate surface area is 174 Å². The smallest absolute Gasteiger partial charge is 0.230 e. The van der Waals surface area contributed by atoms with E-state index >= 15 is 0 Å². The number of rotatable bonds is 6. The lowest BCUT2D eigenvalue weighted by molar-refractivity contribution is -0.144. The van der Waals surface area contributed by atoms with Gasteiger partial charge in [-0.15, -0.1) is 0 Å². The fourth-order valence-electron chi connectivity index (χ4n) is 4.74. The van der Waals surface area contributed by atoms with Gasteiger partial charge in [0, 0.05) is 44.5 Å². The molecule has 1 fully saturated rings. The lowest BCUT2D eigenvalue weighted by atomic mass is 9.76. The highest BCUT2D eigenvalue weighted by Gasteiger charge is 2.44. The number of amides is 1. The zero-order valence-corrected chi connectivity index (χ0v) is 17.5. The molecule has 1 aromatic heterocycles. The molecule has 154 valence electrons. The summed E-state index contributed by atoms with van der Waals surface area (Å²) < 4.78 is 1.97. The molecule has 0 aliphatic carbocycles. The van der Waals surface area contributed by atoms with Gasteiger partial charge in [0.25, 0.3) is 0 Å². The van der Waals surface area contributed by atoms with Gasteiger partial charge in [0.2, 0.25) is 5.91 Å². The van der Waals surface area contributed by atoms with E-state index in [0.29, 0.717) is 5.91 Å². The van der Waals surface area contributed by atoms with Gasteiger partial charge in [0.1, 0.15) is 0 Å². The Morgan fingerprint density at radius 3 is 2.79 bits per heavy atom. The summed E-state index contributed by atoms with van der Waals surface area (Å²) in [6, 6.07) is 10.5. The number of nitrogens with zero attached hydrogens (tertiary/aromatic N) is 4. The van der Waals surface area contributed by atoms with Crippen molar-refractivity contribution in [2.45, 2.75) is 45.7 Å². The van der Waals surface area contributed by atoms with Gasteiger partial charge in [-0.05, 0) is 44.7 Å². The van der Waals surface area contributed by atoms with E-state index < -0.39 is 0 Å². The second-order valence-electron chi connectivity index (χ2n) is 8.46. The molecule has 29 heavy (non-hydrogen) atoms. The second-order valence-corrected chi connectivity index (χ2v) is 8.46. The van der Waals surface area contributed by atoms with Gasteiger partial charge >= 0.3 is 0 Å². The lowest BCUT2D eigenvalue weighted by Crippen LogP contribution is -2.52. The molecular formula is C24H32N4O. The Hall–Kier alpha value is -2.40. The third-order valence-electron chi connectivity index (χ3n) is 6.33. The highest BCUT2D eigenvalue weighted by atomic mass is 16.2. The molecule has 0 bridgehead atoms. The fraction of sp³-hybridized carbons (Fsp3) is 0.500. The van der Waals surface area contributed by atoms with Crippen LogP contribution in [0.4, 0.5) is 0 Å². The summed E-state index contributed by atoms with van der Waals surface area (Å²) in [5, 5.41) is 4.40. The van der Waals surface area contributed by atoms with Crippen LogP contribution in [0, 0.1) is 5.41 Å². The molecular weight excluding hydrogens is 360 g/mol. The predicted octanol–water partition coefficient (Wildman–Crippen LogP) is 3.52. The summed E-state index contributed by atoms with van der Waals surface area (Å²) in [5.41, 5.74) is 2.25. The van der Waals surface area contributed by atoms with Crippen molar-refractivity contribution in [3.8, 4) is 0 Å². The van der Waals surface area contributed by atoms with Crippen molar-refractivity contribution < 1.29 is 4.79 Å². The first kappa shape index (κ1) is 19.9. The van der Waals surface area contributed by atoms with Gasteiger partial charge in [-0.2, -0.15) is 5.10 Å². The van der Waals surface area contributed by atoms with Crippen LogP contribution < -0.4 is 0 Å². The summed E-state index contributed by atoms with van der Waals surface area (Å²) in [6.45, 7) is 7.30. The number of hydrogen-bond acceptors (Lipinski definition) is 3. The lowest BCUT2D eigenvalue weighted by Gasteiger charge is -2.43. The van der Waals surface area contributed by atoms with Crippen molar-refractivity contribution in [1.82, 2.24) is 19.6 Å². The van der Waals surface area contributed by atoms with Crippen molar-refractivity contribution >= 4 is 5.91 Å². The van der Waals surface area contributed by atoms with Crippen molar-refractivity contribution in [3.63, 3.8) is 0 Å². The fourth-order valence-corrected chi connectivity index (χ4v) is 4.74. The van der Waals surface area contributed by atoms with Crippen LogP contribution in [0.3, 0.4) is 0 Å². The van der Waals surface area contributed by atoms with E-state index in [1.807, 2.05) is 16.9 Å². The van der Waals surface area contributed by atoms with Crippen molar-refractivity contribution in [2.24, 2.45) is 5.41 Å². The van der Waals surface area contributed by atoms with E-state index in [0.717, 1.165) is 65.0 Å². The summed E-state index contributed by atoms with van der Waals surface area (Å²) in [5.74, 6) is 0.340. The van der Waals surface area contributed by atoms with Crippen molar-refractivity contribution in [1.29, 1.82) is 0 Å². The molecule has 0 unspecified atom stereocenters. The molecule has 4 rings (SSSR count). The number of carbonyl (C=O) groups excluding carboxylic acids is 1. The Balaban J connectivity index is 1.44. The third-order valence-corrected chi connectivity index (χ3v) is 6.33. The van der Waals surface area contributed by atoms with Gasteiger partial charge < -0.3 is 4.90 Å². The molecule has 2 aromatic rings. The molecule has 1 atom stereocenters. The normalized spacial score (nSPS) is 22.9. The maximum Gasteiger partial charge on any atom is 0.230 e. The highest BCUT2D eigenvalue weighted by Crippen LogP contribution is 2.38. The monoisotopic (exact) mass is 392 g/mol. The minimum atomic E-state index is -0.275. The summed E-state index contributed by atoms with van der Waals surface area (Å²) in [7, 11) is 0. The molecule has 0 N–H and O–H groups in total. The molecule has 1 aromatic carbocycles. The van der Waals surface area contributed by atoms with Gasteiger partial charge in [-0.1, -0.05) is 42.5 Å². The molecule has 1 saturated heterocycles. The first-order valence-corrected chi connectivity index (χ1v) is 10.9. The number of hydrogen-bond donors (Lipinski definition) is 0. The summed E-state index contributed by atoms with van der Waals surface area (Å²) >= 11 is 0. The van der Waals surface area contributed by atoms with Crippen LogP contribution in [0.2, 0.25) is 0 Å². The third kappa shape index (κ3) is 4.61. The van der Waals surface area contributed by atoms with E-state index in [1.54, 1.807) is 0 Å². The quantitative estimate of drug-likeness (QED) is 0.707. The van der Waals surface area contributed by atoms with E-state index in [9.17, 15) is 4.79 Å². The van der Waals surface area contributed by atoms with Gasteiger partial charge in [-0.3, -0.25) is 14.4 Å². The maximum atomic E-state index is 13.6. The number of benzene rings is 1. The number of piperidine rings is 1. The minimum Gasteiger partial charge on any atom is -0.338 e. The molecule has 1 spiro atoms. The first-order valence-electron chi connectivity index (χ1n) is 10.9. The minimum absolute atomic E-state index is 0.275. The number of aryl methyl sites for hydroxylation is 1. The summed E-state index contributed by atoms with van der Waals surface area (Å²) in [6.07, 6.45) is 12.3. The number of likely N-dealkylation sites (tertiary alicyclic amines) is 1. The average molecular weight is 393 g/mol. The van der Waals surface area contributed by atoms with Crippen LogP contribution in [0.25, 0.3) is 0 Å². The zero-order chi connectivity index (χ0) is 20.1. The van der Waals surface area contributed by atoms with Crippen LogP contribution in [0.5, 0.6) is 0 Å². The maximum absolute atomic E-state index is 13.6. The Bertz CT molecular complexity index is 844. The zero-order valence-electron chi connectivity index (χ0n) is 17.5. The standard InChI is InChI=1S/C24H32N4O/c1-2-28-19-22(17-25-28)18-26-14-8-13-24(20-26)12-6-7-15-27(23(24)29)16-11-21-9-4-3-5-10-21/h3-7,9-10,17,19H,2,8,11-16,18,20H2,1H3/t24-/m1/s1. The van der Waals surface area contributed by atoms with Crippen molar-refractivity contribution in [2.75, 3.05) is 26.2 Å². The predicted molar refractivity (Wildman–Crippen MR) is 115 cm³/mol. The Morgan fingerprint density at radius 2 is 2.00 bits per heavy atom. The topological polar surface area (TPSA) is 41.4 Å². The largest absolute Gasteiger partial charge is 0.338 e. The average Bonchev–Trinajstić information content (AvgIpc) is 3.15. The molecule has 5 heteroatoms. The second kappa shape index (κ2) is 8.95. The molecule has 0 radical (unpaired) electrons. The number of aromatic nitrogens is 2. The van der Waals surface area contributed by atoms with Crippen LogP contribution in [-0.2, 0) is 24.3 Å². The Morgan fingerprint density at radius 1 is 1.14 bits per heavy atom. The van der Waals surface area contributed by atoms with Crippen LogP contribution >= 0.6 is 0 Å².